The van der Waals surface area contributed by atoms with E-state index in [9.17, 15) is 0 Å². The minimum atomic E-state index is 0.753. The molecular formula is C13H16N2. The minimum absolute atomic E-state index is 0.753. The number of nitriles is 1. The molecular weight excluding hydrogens is 184 g/mol. The molecule has 0 aliphatic carbocycles. The average molecular weight is 200 g/mol. The zero-order valence-electron chi connectivity index (χ0n) is 9.33. The van der Waals surface area contributed by atoms with Crippen molar-refractivity contribution >= 4 is 5.69 Å². The fourth-order valence-corrected chi connectivity index (χ4v) is 2.23. The van der Waals surface area contributed by atoms with Crippen molar-refractivity contribution in [2.45, 2.75) is 20.3 Å². The van der Waals surface area contributed by atoms with E-state index >= 15 is 0 Å². The molecule has 1 atom stereocenters. The van der Waals surface area contributed by atoms with Crippen molar-refractivity contribution in [1.82, 2.24) is 0 Å². The molecule has 0 bridgehead atoms. The average Bonchev–Trinajstić information content (AvgIpc) is 2.64. The Bertz CT molecular complexity index is 403. The molecule has 1 saturated heterocycles. The molecule has 78 valence electrons. The van der Waals surface area contributed by atoms with Crippen LogP contribution in [0.25, 0.3) is 0 Å². The summed E-state index contributed by atoms with van der Waals surface area (Å²) in [7, 11) is 0. The van der Waals surface area contributed by atoms with Crippen molar-refractivity contribution in [2.24, 2.45) is 5.92 Å². The second-order valence-corrected chi connectivity index (χ2v) is 4.45. The van der Waals surface area contributed by atoms with Crippen LogP contribution < -0.4 is 4.90 Å². The van der Waals surface area contributed by atoms with Gasteiger partial charge in [-0.25, -0.2) is 0 Å². The van der Waals surface area contributed by atoms with Gasteiger partial charge in [-0.2, -0.15) is 5.26 Å². The molecule has 1 aromatic carbocycles. The van der Waals surface area contributed by atoms with Gasteiger partial charge in [-0.3, -0.25) is 0 Å². The van der Waals surface area contributed by atoms with Gasteiger partial charge in [0, 0.05) is 18.8 Å². The smallest absolute Gasteiger partial charge is 0.0991 e. The molecule has 1 aromatic rings. The number of aryl methyl sites for hydroxylation is 1. The van der Waals surface area contributed by atoms with E-state index in [-0.39, 0.29) is 0 Å². The summed E-state index contributed by atoms with van der Waals surface area (Å²) in [5.41, 5.74) is 3.25. The summed E-state index contributed by atoms with van der Waals surface area (Å²) in [6, 6.07) is 8.13. The first-order valence-electron chi connectivity index (χ1n) is 5.46. The predicted octanol–water partition coefficient (Wildman–Crippen LogP) is 2.71. The largest absolute Gasteiger partial charge is 0.371 e. The molecule has 0 N–H and O–H groups in total. The van der Waals surface area contributed by atoms with Gasteiger partial charge in [0.1, 0.15) is 0 Å². The summed E-state index contributed by atoms with van der Waals surface area (Å²) in [6.07, 6.45) is 1.28. The number of benzene rings is 1. The lowest BCUT2D eigenvalue weighted by molar-refractivity contribution is 0.659. The zero-order valence-corrected chi connectivity index (χ0v) is 9.33. The van der Waals surface area contributed by atoms with Crippen molar-refractivity contribution in [1.29, 1.82) is 5.26 Å². The fraction of sp³-hybridized carbons (Fsp3) is 0.462. The summed E-state index contributed by atoms with van der Waals surface area (Å²) >= 11 is 0. The molecule has 0 spiro atoms. The summed E-state index contributed by atoms with van der Waals surface area (Å²) in [5.74, 6) is 0.792. The number of hydrogen-bond acceptors (Lipinski definition) is 2. The van der Waals surface area contributed by atoms with Crippen LogP contribution in [0.1, 0.15) is 24.5 Å². The maximum Gasteiger partial charge on any atom is 0.0991 e. The molecule has 1 aliphatic rings. The summed E-state index contributed by atoms with van der Waals surface area (Å²) in [6.45, 7) is 6.67. The minimum Gasteiger partial charge on any atom is -0.371 e. The van der Waals surface area contributed by atoms with Crippen LogP contribution in [0.4, 0.5) is 5.69 Å². The van der Waals surface area contributed by atoms with Crippen LogP contribution in [-0.4, -0.2) is 13.1 Å². The molecule has 1 fully saturated rings. The Labute approximate surface area is 91.1 Å². The molecule has 2 rings (SSSR count). The van der Waals surface area contributed by atoms with Crippen molar-refractivity contribution in [3.8, 4) is 6.07 Å². The molecule has 0 saturated carbocycles. The third-order valence-corrected chi connectivity index (χ3v) is 3.09. The van der Waals surface area contributed by atoms with E-state index in [2.05, 4.69) is 30.9 Å². The van der Waals surface area contributed by atoms with Crippen LogP contribution in [0.15, 0.2) is 18.2 Å². The van der Waals surface area contributed by atoms with Crippen LogP contribution in [0.5, 0.6) is 0 Å². The Morgan fingerprint density at radius 3 is 2.80 bits per heavy atom. The lowest BCUT2D eigenvalue weighted by atomic mass is 10.1. The number of rotatable bonds is 1. The number of nitrogens with zero attached hydrogens (tertiary/aromatic N) is 2. The van der Waals surface area contributed by atoms with E-state index in [0.29, 0.717) is 0 Å². The molecule has 0 aromatic heterocycles. The predicted molar refractivity (Wildman–Crippen MR) is 61.9 cm³/mol. The van der Waals surface area contributed by atoms with Crippen molar-refractivity contribution in [3.05, 3.63) is 29.3 Å². The SMILES string of the molecule is Cc1cc(C#N)ccc1N1CC[C@H](C)C1. The van der Waals surface area contributed by atoms with E-state index in [1.807, 2.05) is 12.1 Å². The first kappa shape index (κ1) is 10.0. The zero-order chi connectivity index (χ0) is 10.8. The van der Waals surface area contributed by atoms with Crippen LogP contribution in [0, 0.1) is 24.2 Å². The van der Waals surface area contributed by atoms with Gasteiger partial charge in [0.25, 0.3) is 0 Å². The van der Waals surface area contributed by atoms with Crippen LogP contribution in [-0.2, 0) is 0 Å². The molecule has 2 heteroatoms. The molecule has 0 radical (unpaired) electrons. The van der Waals surface area contributed by atoms with Crippen LogP contribution >= 0.6 is 0 Å². The first-order valence-corrected chi connectivity index (χ1v) is 5.46. The first-order chi connectivity index (χ1) is 7.20. The molecule has 1 aliphatic heterocycles. The summed E-state index contributed by atoms with van der Waals surface area (Å²) in [4.78, 5) is 2.42. The Morgan fingerprint density at radius 1 is 1.47 bits per heavy atom. The summed E-state index contributed by atoms with van der Waals surface area (Å²) < 4.78 is 0. The highest BCUT2D eigenvalue weighted by Gasteiger charge is 2.19. The van der Waals surface area contributed by atoms with E-state index in [1.54, 1.807) is 0 Å². The quantitative estimate of drug-likeness (QED) is 0.697. The van der Waals surface area contributed by atoms with Gasteiger partial charge in [-0.05, 0) is 43.0 Å². The lowest BCUT2D eigenvalue weighted by Gasteiger charge is -2.20. The van der Waals surface area contributed by atoms with Gasteiger partial charge < -0.3 is 4.90 Å². The van der Waals surface area contributed by atoms with E-state index in [4.69, 9.17) is 5.26 Å². The Kier molecular flexibility index (Phi) is 2.64. The van der Waals surface area contributed by atoms with Gasteiger partial charge in [-0.15, -0.1) is 0 Å². The van der Waals surface area contributed by atoms with Crippen molar-refractivity contribution in [3.63, 3.8) is 0 Å². The molecule has 0 unspecified atom stereocenters. The van der Waals surface area contributed by atoms with Gasteiger partial charge in [-0.1, -0.05) is 6.92 Å². The second kappa shape index (κ2) is 3.94. The molecule has 0 amide bonds. The van der Waals surface area contributed by atoms with Crippen LogP contribution in [0.2, 0.25) is 0 Å². The van der Waals surface area contributed by atoms with Crippen molar-refractivity contribution in [2.75, 3.05) is 18.0 Å². The number of hydrogen-bond donors (Lipinski definition) is 0. The Hall–Kier alpha value is -1.49. The maximum absolute atomic E-state index is 8.80. The highest BCUT2D eigenvalue weighted by atomic mass is 15.1. The Morgan fingerprint density at radius 2 is 2.27 bits per heavy atom. The molecule has 2 nitrogen and oxygen atoms in total. The van der Waals surface area contributed by atoms with Crippen molar-refractivity contribution < 1.29 is 0 Å². The molecule has 15 heavy (non-hydrogen) atoms. The van der Waals surface area contributed by atoms with E-state index in [1.165, 1.54) is 17.7 Å². The van der Waals surface area contributed by atoms with Crippen LogP contribution in [0.3, 0.4) is 0 Å². The second-order valence-electron chi connectivity index (χ2n) is 4.45. The van der Waals surface area contributed by atoms with E-state index in [0.717, 1.165) is 24.6 Å². The summed E-state index contributed by atoms with van der Waals surface area (Å²) in [5, 5.41) is 8.80. The maximum atomic E-state index is 8.80. The highest BCUT2D eigenvalue weighted by Crippen LogP contribution is 2.26. The standard InChI is InChI=1S/C13H16N2/c1-10-5-6-15(9-10)13-4-3-12(8-14)7-11(13)2/h3-4,7,10H,5-6,9H2,1-2H3/t10-/m0/s1. The van der Waals surface area contributed by atoms with Gasteiger partial charge in [0.2, 0.25) is 0 Å². The highest BCUT2D eigenvalue weighted by molar-refractivity contribution is 5.56. The van der Waals surface area contributed by atoms with Gasteiger partial charge in [0.05, 0.1) is 11.6 Å². The topological polar surface area (TPSA) is 27.0 Å². The van der Waals surface area contributed by atoms with Gasteiger partial charge >= 0.3 is 0 Å². The van der Waals surface area contributed by atoms with E-state index < -0.39 is 0 Å². The normalized spacial score (nSPS) is 20.3. The van der Waals surface area contributed by atoms with Gasteiger partial charge in [0.15, 0.2) is 0 Å². The third-order valence-electron chi connectivity index (χ3n) is 3.09. The monoisotopic (exact) mass is 200 g/mol. The lowest BCUT2D eigenvalue weighted by Crippen LogP contribution is -2.19. The fourth-order valence-electron chi connectivity index (χ4n) is 2.23. The molecule has 1 heterocycles. The Balaban J connectivity index is 2.26. The number of anilines is 1. The third kappa shape index (κ3) is 1.97.